The highest BCUT2D eigenvalue weighted by atomic mass is 16.5. The molecular weight excluding hydrogens is 214 g/mol. The lowest BCUT2D eigenvalue weighted by Crippen LogP contribution is -2.44. The van der Waals surface area contributed by atoms with Gasteiger partial charge in [0.05, 0.1) is 5.41 Å². The molecule has 0 amide bonds. The number of ether oxygens (including phenoxy) is 1. The molecule has 1 saturated carbocycles. The maximum atomic E-state index is 12.3. The van der Waals surface area contributed by atoms with Crippen molar-refractivity contribution in [2.75, 3.05) is 6.54 Å². The first-order valence-electron chi connectivity index (χ1n) is 6.82. The van der Waals surface area contributed by atoms with Crippen LogP contribution in [0.3, 0.4) is 0 Å². The number of esters is 1. The first-order valence-corrected chi connectivity index (χ1v) is 6.82. The number of rotatable bonds is 4. The molecule has 3 nitrogen and oxygen atoms in total. The average Bonchev–Trinajstić information content (AvgIpc) is 2.30. The third-order valence-electron chi connectivity index (χ3n) is 4.29. The van der Waals surface area contributed by atoms with Crippen LogP contribution in [0, 0.1) is 17.3 Å². The van der Waals surface area contributed by atoms with Crippen molar-refractivity contribution in [3.63, 3.8) is 0 Å². The lowest BCUT2D eigenvalue weighted by Gasteiger charge is -2.37. The minimum atomic E-state index is -0.407. The van der Waals surface area contributed by atoms with Crippen molar-refractivity contribution in [1.29, 1.82) is 0 Å². The smallest absolute Gasteiger partial charge is 0.313 e. The zero-order chi connectivity index (χ0) is 13.1. The van der Waals surface area contributed by atoms with Gasteiger partial charge in [0.15, 0.2) is 0 Å². The summed E-state index contributed by atoms with van der Waals surface area (Å²) in [5.41, 5.74) is 5.43. The fraction of sp³-hybridized carbons (Fsp3) is 0.929. The standard InChI is InChI=1S/C14H27NO2/c1-10(2)12(4)17-13(16)14(9-15)7-5-11(3)6-8-14/h10-12H,5-9,15H2,1-4H3. The Labute approximate surface area is 105 Å². The maximum Gasteiger partial charge on any atom is 0.313 e. The summed E-state index contributed by atoms with van der Waals surface area (Å²) in [7, 11) is 0. The summed E-state index contributed by atoms with van der Waals surface area (Å²) in [5, 5.41) is 0. The molecule has 0 radical (unpaired) electrons. The number of carbonyl (C=O) groups excluding carboxylic acids is 1. The average molecular weight is 241 g/mol. The van der Waals surface area contributed by atoms with Gasteiger partial charge in [0.2, 0.25) is 0 Å². The van der Waals surface area contributed by atoms with Crippen LogP contribution in [0.2, 0.25) is 0 Å². The molecule has 0 aromatic heterocycles. The Morgan fingerprint density at radius 2 is 1.88 bits per heavy atom. The molecule has 1 fully saturated rings. The second-order valence-corrected chi connectivity index (χ2v) is 6.02. The van der Waals surface area contributed by atoms with E-state index in [9.17, 15) is 4.79 Å². The molecule has 1 rings (SSSR count). The van der Waals surface area contributed by atoms with E-state index in [1.165, 1.54) is 0 Å². The van der Waals surface area contributed by atoms with E-state index < -0.39 is 5.41 Å². The van der Waals surface area contributed by atoms with Gasteiger partial charge in [0.1, 0.15) is 6.10 Å². The summed E-state index contributed by atoms with van der Waals surface area (Å²) >= 11 is 0. The van der Waals surface area contributed by atoms with Gasteiger partial charge in [-0.2, -0.15) is 0 Å². The van der Waals surface area contributed by atoms with Crippen molar-refractivity contribution < 1.29 is 9.53 Å². The van der Waals surface area contributed by atoms with E-state index in [1.807, 2.05) is 6.92 Å². The van der Waals surface area contributed by atoms with E-state index in [4.69, 9.17) is 10.5 Å². The van der Waals surface area contributed by atoms with Crippen molar-refractivity contribution in [2.24, 2.45) is 23.0 Å². The molecule has 0 spiro atoms. The highest BCUT2D eigenvalue weighted by molar-refractivity contribution is 5.77. The lowest BCUT2D eigenvalue weighted by molar-refractivity contribution is -0.164. The van der Waals surface area contributed by atoms with E-state index in [0.29, 0.717) is 18.4 Å². The van der Waals surface area contributed by atoms with Gasteiger partial charge in [0, 0.05) is 6.54 Å². The molecule has 1 aliphatic rings. The molecule has 17 heavy (non-hydrogen) atoms. The van der Waals surface area contributed by atoms with Crippen LogP contribution in [0.15, 0.2) is 0 Å². The van der Waals surface area contributed by atoms with E-state index in [1.54, 1.807) is 0 Å². The van der Waals surface area contributed by atoms with Crippen molar-refractivity contribution >= 4 is 5.97 Å². The van der Waals surface area contributed by atoms with Crippen molar-refractivity contribution in [3.05, 3.63) is 0 Å². The van der Waals surface area contributed by atoms with Gasteiger partial charge in [0.25, 0.3) is 0 Å². The minimum Gasteiger partial charge on any atom is -0.462 e. The van der Waals surface area contributed by atoms with Crippen LogP contribution >= 0.6 is 0 Å². The molecule has 1 aliphatic carbocycles. The van der Waals surface area contributed by atoms with Crippen LogP contribution in [-0.2, 0) is 9.53 Å². The number of carbonyl (C=O) groups is 1. The lowest BCUT2D eigenvalue weighted by atomic mass is 9.71. The van der Waals surface area contributed by atoms with Crippen LogP contribution in [0.25, 0.3) is 0 Å². The summed E-state index contributed by atoms with van der Waals surface area (Å²) in [6.45, 7) is 8.75. The van der Waals surface area contributed by atoms with Gasteiger partial charge < -0.3 is 10.5 Å². The Hall–Kier alpha value is -0.570. The first kappa shape index (κ1) is 14.5. The Bertz CT molecular complexity index is 255. The molecule has 0 aromatic rings. The quantitative estimate of drug-likeness (QED) is 0.770. The number of nitrogens with two attached hydrogens (primary N) is 1. The molecule has 0 heterocycles. The Morgan fingerprint density at radius 3 is 2.29 bits per heavy atom. The molecule has 100 valence electrons. The summed E-state index contributed by atoms with van der Waals surface area (Å²) in [6.07, 6.45) is 3.91. The monoisotopic (exact) mass is 241 g/mol. The van der Waals surface area contributed by atoms with Gasteiger partial charge in [-0.25, -0.2) is 0 Å². The fourth-order valence-corrected chi connectivity index (χ4v) is 2.24. The largest absolute Gasteiger partial charge is 0.462 e. The number of hydrogen-bond acceptors (Lipinski definition) is 3. The van der Waals surface area contributed by atoms with Crippen LogP contribution in [0.5, 0.6) is 0 Å². The normalized spacial score (nSPS) is 31.3. The molecular formula is C14H27NO2. The minimum absolute atomic E-state index is 0.0229. The van der Waals surface area contributed by atoms with Gasteiger partial charge in [-0.05, 0) is 44.4 Å². The van der Waals surface area contributed by atoms with E-state index in [2.05, 4.69) is 20.8 Å². The SMILES string of the molecule is CC1CCC(CN)(C(=O)OC(C)C(C)C)CC1. The molecule has 3 heteroatoms. The predicted octanol–water partition coefficient (Wildman–Crippen LogP) is 2.73. The summed E-state index contributed by atoms with van der Waals surface area (Å²) in [5.74, 6) is 0.995. The Morgan fingerprint density at radius 1 is 1.35 bits per heavy atom. The third kappa shape index (κ3) is 3.44. The number of hydrogen-bond donors (Lipinski definition) is 1. The fourth-order valence-electron chi connectivity index (χ4n) is 2.24. The zero-order valence-electron chi connectivity index (χ0n) is 11.7. The topological polar surface area (TPSA) is 52.3 Å². The summed E-state index contributed by atoms with van der Waals surface area (Å²) < 4.78 is 5.56. The van der Waals surface area contributed by atoms with Crippen LogP contribution < -0.4 is 5.73 Å². The van der Waals surface area contributed by atoms with Crippen molar-refractivity contribution in [2.45, 2.75) is 59.5 Å². The second-order valence-electron chi connectivity index (χ2n) is 6.02. The molecule has 0 bridgehead atoms. The Balaban J connectivity index is 2.63. The van der Waals surface area contributed by atoms with Crippen molar-refractivity contribution in [3.8, 4) is 0 Å². The highest BCUT2D eigenvalue weighted by Gasteiger charge is 2.41. The zero-order valence-corrected chi connectivity index (χ0v) is 11.7. The second kappa shape index (κ2) is 5.85. The molecule has 2 N–H and O–H groups in total. The van der Waals surface area contributed by atoms with Crippen molar-refractivity contribution in [1.82, 2.24) is 0 Å². The van der Waals surface area contributed by atoms with Crippen LogP contribution in [-0.4, -0.2) is 18.6 Å². The third-order valence-corrected chi connectivity index (χ3v) is 4.29. The van der Waals surface area contributed by atoms with Gasteiger partial charge in [-0.15, -0.1) is 0 Å². The summed E-state index contributed by atoms with van der Waals surface area (Å²) in [6, 6.07) is 0. The molecule has 0 saturated heterocycles. The van der Waals surface area contributed by atoms with Gasteiger partial charge in [-0.1, -0.05) is 20.8 Å². The van der Waals surface area contributed by atoms with E-state index >= 15 is 0 Å². The maximum absolute atomic E-state index is 12.3. The van der Waals surface area contributed by atoms with Gasteiger partial charge >= 0.3 is 5.97 Å². The van der Waals surface area contributed by atoms with E-state index in [0.717, 1.165) is 25.7 Å². The highest BCUT2D eigenvalue weighted by Crippen LogP contribution is 2.39. The van der Waals surface area contributed by atoms with E-state index in [-0.39, 0.29) is 12.1 Å². The molecule has 0 aliphatic heterocycles. The predicted molar refractivity (Wildman–Crippen MR) is 69.5 cm³/mol. The molecule has 1 atom stereocenters. The molecule has 1 unspecified atom stereocenters. The van der Waals surface area contributed by atoms with Crippen LogP contribution in [0.1, 0.15) is 53.4 Å². The Kier molecular flexibility index (Phi) is 4.99. The first-order chi connectivity index (χ1) is 7.91. The van der Waals surface area contributed by atoms with Crippen LogP contribution in [0.4, 0.5) is 0 Å². The van der Waals surface area contributed by atoms with Gasteiger partial charge in [-0.3, -0.25) is 4.79 Å². The molecule has 0 aromatic carbocycles. The summed E-state index contributed by atoms with van der Waals surface area (Å²) in [4.78, 5) is 12.3.